The Balaban J connectivity index is 0.00000225. The number of morpholine rings is 1. The lowest BCUT2D eigenvalue weighted by molar-refractivity contribution is 0.0277. The van der Waals surface area contributed by atoms with Gasteiger partial charge in [-0.1, -0.05) is 35.9 Å². The van der Waals surface area contributed by atoms with Gasteiger partial charge in [0.1, 0.15) is 5.69 Å². The summed E-state index contributed by atoms with van der Waals surface area (Å²) in [5, 5.41) is 13.8. The SMILES string of the molecule is Cl.O=C(Nc1ccc([C@@H]2CNCCO2)cc1)c1cc(-c2ccc(Cl)cc2)n[nH]1. The molecule has 2 aromatic carbocycles. The topological polar surface area (TPSA) is 79.0 Å². The maximum atomic E-state index is 12.5. The van der Waals surface area contributed by atoms with Crippen molar-refractivity contribution in [2.24, 2.45) is 0 Å². The number of ether oxygens (including phenoxy) is 1. The average Bonchev–Trinajstić information content (AvgIpc) is 3.20. The summed E-state index contributed by atoms with van der Waals surface area (Å²) in [4.78, 5) is 12.5. The van der Waals surface area contributed by atoms with Crippen LogP contribution in [0.2, 0.25) is 5.02 Å². The van der Waals surface area contributed by atoms with Gasteiger partial charge in [0.2, 0.25) is 0 Å². The highest BCUT2D eigenvalue weighted by Gasteiger charge is 2.16. The molecule has 0 bridgehead atoms. The summed E-state index contributed by atoms with van der Waals surface area (Å²) in [7, 11) is 0. The number of nitrogens with one attached hydrogen (secondary N) is 3. The molecule has 0 saturated carbocycles. The van der Waals surface area contributed by atoms with Gasteiger partial charge < -0.3 is 15.4 Å². The van der Waals surface area contributed by atoms with E-state index in [0.717, 1.165) is 29.9 Å². The van der Waals surface area contributed by atoms with Gasteiger partial charge in [0.15, 0.2) is 0 Å². The number of benzene rings is 2. The third-order valence-corrected chi connectivity index (χ3v) is 4.68. The van der Waals surface area contributed by atoms with Crippen molar-refractivity contribution in [3.8, 4) is 11.3 Å². The maximum absolute atomic E-state index is 12.5. The lowest BCUT2D eigenvalue weighted by Gasteiger charge is -2.24. The number of rotatable bonds is 4. The number of amides is 1. The molecule has 6 nitrogen and oxygen atoms in total. The number of nitrogens with zero attached hydrogens (tertiary/aromatic N) is 1. The van der Waals surface area contributed by atoms with Gasteiger partial charge in [0.25, 0.3) is 5.91 Å². The lowest BCUT2D eigenvalue weighted by Crippen LogP contribution is -2.33. The third kappa shape index (κ3) is 4.72. The first-order valence-electron chi connectivity index (χ1n) is 8.74. The minimum absolute atomic E-state index is 0. The number of aromatic amines is 1. The quantitative estimate of drug-likeness (QED) is 0.596. The number of aromatic nitrogens is 2. The number of H-pyrrole nitrogens is 1. The second kappa shape index (κ2) is 9.21. The van der Waals surface area contributed by atoms with Crippen molar-refractivity contribution in [2.45, 2.75) is 6.10 Å². The Bertz CT molecular complexity index is 920. The Morgan fingerprint density at radius 1 is 1.14 bits per heavy atom. The van der Waals surface area contributed by atoms with E-state index in [2.05, 4.69) is 20.8 Å². The molecule has 28 heavy (non-hydrogen) atoms. The van der Waals surface area contributed by atoms with Gasteiger partial charge in [-0.25, -0.2) is 0 Å². The van der Waals surface area contributed by atoms with Crippen molar-refractivity contribution >= 4 is 35.6 Å². The number of hydrogen-bond acceptors (Lipinski definition) is 4. The van der Waals surface area contributed by atoms with Crippen LogP contribution in [-0.4, -0.2) is 35.8 Å². The average molecular weight is 419 g/mol. The molecule has 2 heterocycles. The predicted molar refractivity (Wildman–Crippen MR) is 112 cm³/mol. The standard InChI is InChI=1S/C20H19ClN4O2.ClH/c21-15-5-1-13(2-6-15)17-11-18(25-24-17)20(26)23-16-7-3-14(4-8-16)19-12-22-9-10-27-19;/h1-8,11,19,22H,9-10,12H2,(H,23,26)(H,24,25);1H/t19-;/m0./s1. The highest BCUT2D eigenvalue weighted by atomic mass is 35.5. The van der Waals surface area contributed by atoms with E-state index in [9.17, 15) is 4.79 Å². The first kappa shape index (κ1) is 20.4. The number of carbonyl (C=O) groups is 1. The van der Waals surface area contributed by atoms with Gasteiger partial charge in [-0.2, -0.15) is 5.10 Å². The van der Waals surface area contributed by atoms with Crippen molar-refractivity contribution in [1.82, 2.24) is 15.5 Å². The molecule has 146 valence electrons. The molecule has 1 aliphatic heterocycles. The van der Waals surface area contributed by atoms with E-state index in [4.69, 9.17) is 16.3 Å². The van der Waals surface area contributed by atoms with Crippen LogP contribution in [0.25, 0.3) is 11.3 Å². The van der Waals surface area contributed by atoms with Crippen molar-refractivity contribution in [3.63, 3.8) is 0 Å². The zero-order valence-corrected chi connectivity index (χ0v) is 16.5. The van der Waals surface area contributed by atoms with Crippen LogP contribution in [0.5, 0.6) is 0 Å². The van der Waals surface area contributed by atoms with Crippen LogP contribution in [0.15, 0.2) is 54.6 Å². The van der Waals surface area contributed by atoms with E-state index in [0.29, 0.717) is 23.0 Å². The minimum Gasteiger partial charge on any atom is -0.371 e. The lowest BCUT2D eigenvalue weighted by atomic mass is 10.1. The van der Waals surface area contributed by atoms with Gasteiger partial charge >= 0.3 is 0 Å². The molecule has 1 aliphatic rings. The molecular weight excluding hydrogens is 399 g/mol. The second-order valence-electron chi connectivity index (χ2n) is 6.31. The van der Waals surface area contributed by atoms with E-state index in [1.54, 1.807) is 18.2 Å². The fraction of sp³-hybridized carbons (Fsp3) is 0.200. The van der Waals surface area contributed by atoms with E-state index >= 15 is 0 Å². The molecule has 0 unspecified atom stereocenters. The zero-order valence-electron chi connectivity index (χ0n) is 14.9. The molecule has 0 spiro atoms. The van der Waals surface area contributed by atoms with Crippen LogP contribution in [-0.2, 0) is 4.74 Å². The highest BCUT2D eigenvalue weighted by molar-refractivity contribution is 6.30. The molecule has 8 heteroatoms. The van der Waals surface area contributed by atoms with Gasteiger partial charge in [-0.15, -0.1) is 12.4 Å². The normalized spacial score (nSPS) is 16.2. The Hall–Kier alpha value is -2.38. The molecule has 1 atom stereocenters. The molecule has 4 rings (SSSR count). The highest BCUT2D eigenvalue weighted by Crippen LogP contribution is 2.22. The number of anilines is 1. The van der Waals surface area contributed by atoms with Crippen LogP contribution in [0.3, 0.4) is 0 Å². The fourth-order valence-electron chi connectivity index (χ4n) is 2.97. The monoisotopic (exact) mass is 418 g/mol. The van der Waals surface area contributed by atoms with E-state index in [1.807, 2.05) is 36.4 Å². The van der Waals surface area contributed by atoms with Crippen LogP contribution >= 0.6 is 24.0 Å². The van der Waals surface area contributed by atoms with E-state index in [-0.39, 0.29) is 24.4 Å². The summed E-state index contributed by atoms with van der Waals surface area (Å²) in [5.74, 6) is -0.244. The van der Waals surface area contributed by atoms with Gasteiger partial charge in [-0.05, 0) is 35.9 Å². The van der Waals surface area contributed by atoms with Gasteiger partial charge in [0, 0.05) is 29.4 Å². The van der Waals surface area contributed by atoms with Crippen molar-refractivity contribution in [1.29, 1.82) is 0 Å². The van der Waals surface area contributed by atoms with Crippen LogP contribution in [0.4, 0.5) is 5.69 Å². The zero-order chi connectivity index (χ0) is 18.6. The number of carbonyl (C=O) groups excluding carboxylic acids is 1. The summed E-state index contributed by atoms with van der Waals surface area (Å²) in [5.41, 5.74) is 3.78. The Morgan fingerprint density at radius 2 is 1.89 bits per heavy atom. The molecule has 1 saturated heterocycles. The fourth-order valence-corrected chi connectivity index (χ4v) is 3.09. The van der Waals surface area contributed by atoms with Crippen LogP contribution in [0, 0.1) is 0 Å². The molecule has 1 amide bonds. The maximum Gasteiger partial charge on any atom is 0.273 e. The first-order chi connectivity index (χ1) is 13.2. The number of hydrogen-bond donors (Lipinski definition) is 3. The molecular formula is C20H20Cl2N4O2. The third-order valence-electron chi connectivity index (χ3n) is 4.43. The molecule has 1 fully saturated rings. The van der Waals surface area contributed by atoms with Crippen molar-refractivity contribution in [2.75, 3.05) is 25.0 Å². The molecule has 3 N–H and O–H groups in total. The predicted octanol–water partition coefficient (Wildman–Crippen LogP) is 4.07. The number of halogens is 2. The summed E-state index contributed by atoms with van der Waals surface area (Å²) in [6.07, 6.45) is 0.0537. The van der Waals surface area contributed by atoms with Crippen molar-refractivity contribution < 1.29 is 9.53 Å². The first-order valence-corrected chi connectivity index (χ1v) is 9.12. The summed E-state index contributed by atoms with van der Waals surface area (Å²) in [6.45, 7) is 2.39. The van der Waals surface area contributed by atoms with Gasteiger partial charge in [-0.3, -0.25) is 9.89 Å². The Kier molecular flexibility index (Phi) is 6.70. The van der Waals surface area contributed by atoms with Gasteiger partial charge in [0.05, 0.1) is 18.4 Å². The van der Waals surface area contributed by atoms with Crippen LogP contribution in [0.1, 0.15) is 22.2 Å². The van der Waals surface area contributed by atoms with Crippen LogP contribution < -0.4 is 10.6 Å². The molecule has 0 radical (unpaired) electrons. The second-order valence-corrected chi connectivity index (χ2v) is 6.75. The summed E-state index contributed by atoms with van der Waals surface area (Å²) < 4.78 is 5.74. The van der Waals surface area contributed by atoms with E-state index < -0.39 is 0 Å². The minimum atomic E-state index is -0.244. The molecule has 0 aliphatic carbocycles. The largest absolute Gasteiger partial charge is 0.371 e. The van der Waals surface area contributed by atoms with Crippen molar-refractivity contribution in [3.05, 3.63) is 70.9 Å². The summed E-state index contributed by atoms with van der Waals surface area (Å²) in [6, 6.07) is 16.7. The Labute approximate surface area is 174 Å². The molecule has 3 aromatic rings. The Morgan fingerprint density at radius 3 is 2.57 bits per heavy atom. The van der Waals surface area contributed by atoms with E-state index in [1.165, 1.54) is 0 Å². The summed E-state index contributed by atoms with van der Waals surface area (Å²) >= 11 is 5.90. The smallest absolute Gasteiger partial charge is 0.273 e. The molecule has 1 aromatic heterocycles.